The third kappa shape index (κ3) is 4.01. The molecule has 1 amide bonds. The van der Waals surface area contributed by atoms with Gasteiger partial charge in [-0.3, -0.25) is 14.9 Å². The summed E-state index contributed by atoms with van der Waals surface area (Å²) in [6.45, 7) is 5.11. The van der Waals surface area contributed by atoms with Crippen molar-refractivity contribution >= 4 is 27.4 Å². The highest BCUT2D eigenvalue weighted by Crippen LogP contribution is 2.34. The Morgan fingerprint density at radius 1 is 1.14 bits per heavy atom. The molecule has 2 aromatic rings. The molecule has 0 aromatic heterocycles. The number of benzene rings is 2. The van der Waals surface area contributed by atoms with Crippen LogP contribution in [0.5, 0.6) is 0 Å². The monoisotopic (exact) mass is 404 g/mol. The van der Waals surface area contributed by atoms with E-state index in [-0.39, 0.29) is 22.4 Å². The Hall–Kier alpha value is -3.27. The Labute approximate surface area is 162 Å². The number of aryl methyl sites for hydroxylation is 3. The third-order valence-electron chi connectivity index (χ3n) is 4.13. The molecule has 0 atom stereocenters. The van der Waals surface area contributed by atoms with Gasteiger partial charge in [-0.25, -0.2) is 8.42 Å². The number of amides is 1. The molecule has 0 bridgehead atoms. The summed E-state index contributed by atoms with van der Waals surface area (Å²) < 4.78 is 26.3. The topological polar surface area (TPSA) is 159 Å². The highest BCUT2D eigenvalue weighted by atomic mass is 32.2. The SMILES string of the molecule is CCc1cc(S(=O)(=O)c2ccc(C)cc2C)c([N+](=O)[O-])cc1C(=O)N=C(N)N. The van der Waals surface area contributed by atoms with Gasteiger partial charge < -0.3 is 11.5 Å². The van der Waals surface area contributed by atoms with Crippen LogP contribution in [0, 0.1) is 24.0 Å². The fraction of sp³-hybridized carbons (Fsp3) is 0.222. The molecular weight excluding hydrogens is 384 g/mol. The minimum absolute atomic E-state index is 0.0356. The van der Waals surface area contributed by atoms with E-state index in [0.29, 0.717) is 5.56 Å². The Morgan fingerprint density at radius 3 is 2.29 bits per heavy atom. The summed E-state index contributed by atoms with van der Waals surface area (Å²) in [5.41, 5.74) is 11.2. The minimum Gasteiger partial charge on any atom is -0.370 e. The molecule has 4 N–H and O–H groups in total. The highest BCUT2D eigenvalue weighted by molar-refractivity contribution is 7.91. The van der Waals surface area contributed by atoms with Crippen molar-refractivity contribution in [3.8, 4) is 0 Å². The first-order valence-electron chi connectivity index (χ1n) is 8.26. The molecule has 0 saturated carbocycles. The first-order valence-corrected chi connectivity index (χ1v) is 9.75. The molecule has 0 aliphatic heterocycles. The van der Waals surface area contributed by atoms with Crippen LogP contribution in [0.1, 0.15) is 34.0 Å². The molecule has 0 saturated heterocycles. The van der Waals surface area contributed by atoms with Crippen LogP contribution >= 0.6 is 0 Å². The van der Waals surface area contributed by atoms with E-state index in [0.717, 1.165) is 17.7 Å². The number of nitro benzene ring substituents is 1. The third-order valence-corrected chi connectivity index (χ3v) is 6.08. The number of nitrogens with two attached hydrogens (primary N) is 2. The molecule has 0 unspecified atom stereocenters. The van der Waals surface area contributed by atoms with E-state index in [1.54, 1.807) is 26.0 Å². The zero-order valence-electron chi connectivity index (χ0n) is 15.6. The lowest BCUT2D eigenvalue weighted by atomic mass is 10.0. The van der Waals surface area contributed by atoms with Gasteiger partial charge in [0, 0.05) is 6.07 Å². The predicted octanol–water partition coefficient (Wildman–Crippen LogP) is 2.02. The van der Waals surface area contributed by atoms with Crippen molar-refractivity contribution in [1.29, 1.82) is 0 Å². The number of nitro groups is 1. The number of hydrogen-bond donors (Lipinski definition) is 2. The molecule has 2 rings (SSSR count). The van der Waals surface area contributed by atoms with Gasteiger partial charge in [0.05, 0.1) is 15.4 Å². The highest BCUT2D eigenvalue weighted by Gasteiger charge is 2.31. The first kappa shape index (κ1) is 21.0. The number of hydrogen-bond acceptors (Lipinski definition) is 5. The average molecular weight is 404 g/mol. The molecule has 10 heteroatoms. The molecular formula is C18H20N4O5S. The maximum Gasteiger partial charge on any atom is 0.289 e. The van der Waals surface area contributed by atoms with Crippen LogP contribution in [0.2, 0.25) is 0 Å². The number of carbonyl (C=O) groups excluding carboxylic acids is 1. The van der Waals surface area contributed by atoms with Gasteiger partial charge >= 0.3 is 0 Å². The summed E-state index contributed by atoms with van der Waals surface area (Å²) in [7, 11) is -4.20. The normalized spacial score (nSPS) is 11.1. The lowest BCUT2D eigenvalue weighted by Crippen LogP contribution is -2.24. The Morgan fingerprint density at radius 2 is 1.79 bits per heavy atom. The maximum absolute atomic E-state index is 13.2. The largest absolute Gasteiger partial charge is 0.370 e. The average Bonchev–Trinajstić information content (AvgIpc) is 2.59. The van der Waals surface area contributed by atoms with Crippen LogP contribution in [0.15, 0.2) is 45.1 Å². The quantitative estimate of drug-likeness (QED) is 0.334. The van der Waals surface area contributed by atoms with Crippen molar-refractivity contribution in [2.45, 2.75) is 37.0 Å². The molecule has 2 aromatic carbocycles. The number of nitrogens with zero attached hydrogens (tertiary/aromatic N) is 2. The molecule has 0 aliphatic rings. The van der Waals surface area contributed by atoms with Crippen molar-refractivity contribution in [1.82, 2.24) is 0 Å². The van der Waals surface area contributed by atoms with E-state index in [1.165, 1.54) is 6.07 Å². The molecule has 9 nitrogen and oxygen atoms in total. The number of rotatable bonds is 5. The van der Waals surface area contributed by atoms with Crippen molar-refractivity contribution in [3.63, 3.8) is 0 Å². The van der Waals surface area contributed by atoms with Crippen LogP contribution in [0.3, 0.4) is 0 Å². The Kier molecular flexibility index (Phi) is 5.84. The van der Waals surface area contributed by atoms with Crippen molar-refractivity contribution in [2.24, 2.45) is 16.5 Å². The number of sulfone groups is 1. The fourth-order valence-electron chi connectivity index (χ4n) is 2.86. The smallest absolute Gasteiger partial charge is 0.289 e. The molecule has 0 aliphatic carbocycles. The van der Waals surface area contributed by atoms with E-state index in [9.17, 15) is 23.3 Å². The second-order valence-electron chi connectivity index (χ2n) is 6.20. The van der Waals surface area contributed by atoms with Gasteiger partial charge in [0.1, 0.15) is 4.90 Å². The van der Waals surface area contributed by atoms with E-state index in [4.69, 9.17) is 11.5 Å². The minimum atomic E-state index is -4.20. The summed E-state index contributed by atoms with van der Waals surface area (Å²) >= 11 is 0. The zero-order chi connectivity index (χ0) is 21.2. The lowest BCUT2D eigenvalue weighted by Gasteiger charge is -2.12. The summed E-state index contributed by atoms with van der Waals surface area (Å²) in [4.78, 5) is 25.8. The van der Waals surface area contributed by atoms with Crippen molar-refractivity contribution in [3.05, 3.63) is 62.7 Å². The first-order chi connectivity index (χ1) is 13.0. The van der Waals surface area contributed by atoms with Gasteiger partial charge in [-0.05, 0) is 43.5 Å². The van der Waals surface area contributed by atoms with Gasteiger partial charge in [-0.1, -0.05) is 24.6 Å². The van der Waals surface area contributed by atoms with Crippen molar-refractivity contribution < 1.29 is 18.1 Å². The molecule has 148 valence electrons. The maximum atomic E-state index is 13.2. The van der Waals surface area contributed by atoms with E-state index >= 15 is 0 Å². The van der Waals surface area contributed by atoms with Crippen LogP contribution < -0.4 is 11.5 Å². The fourth-order valence-corrected chi connectivity index (χ4v) is 4.53. The number of guanidine groups is 1. The van der Waals surface area contributed by atoms with E-state index in [1.807, 2.05) is 6.92 Å². The standard InChI is InChI=1S/C18H20N4O5S/c1-4-12-8-16(28(26,27)15-6-5-10(2)7-11(15)3)14(22(24)25)9-13(12)17(23)21-18(19)20/h5-9H,4H2,1-3H3,(H4,19,20,21,23). The summed E-state index contributed by atoms with van der Waals surface area (Å²) in [5.74, 6) is -1.38. The van der Waals surface area contributed by atoms with E-state index < -0.39 is 37.2 Å². The molecule has 0 spiro atoms. The van der Waals surface area contributed by atoms with Crippen LogP contribution in [-0.4, -0.2) is 25.2 Å². The molecule has 0 heterocycles. The van der Waals surface area contributed by atoms with Gasteiger partial charge in [0.15, 0.2) is 5.96 Å². The Balaban J connectivity index is 2.82. The Bertz CT molecular complexity index is 1100. The van der Waals surface area contributed by atoms with Crippen LogP contribution in [0.4, 0.5) is 5.69 Å². The summed E-state index contributed by atoms with van der Waals surface area (Å²) in [5, 5.41) is 11.6. The second-order valence-corrected chi connectivity index (χ2v) is 8.09. The van der Waals surface area contributed by atoms with Crippen molar-refractivity contribution in [2.75, 3.05) is 0 Å². The molecule has 0 radical (unpaired) electrons. The molecule has 0 fully saturated rings. The zero-order valence-corrected chi connectivity index (χ0v) is 16.4. The summed E-state index contributed by atoms with van der Waals surface area (Å²) in [6, 6.07) is 6.75. The van der Waals surface area contributed by atoms with Gasteiger partial charge in [0.25, 0.3) is 11.6 Å². The van der Waals surface area contributed by atoms with E-state index in [2.05, 4.69) is 4.99 Å². The lowest BCUT2D eigenvalue weighted by molar-refractivity contribution is -0.387. The second kappa shape index (κ2) is 7.77. The van der Waals surface area contributed by atoms with Gasteiger partial charge in [0.2, 0.25) is 9.84 Å². The van der Waals surface area contributed by atoms with Crippen LogP contribution in [-0.2, 0) is 16.3 Å². The molecule has 28 heavy (non-hydrogen) atoms. The van der Waals surface area contributed by atoms with Gasteiger partial charge in [-0.2, -0.15) is 4.99 Å². The summed E-state index contributed by atoms with van der Waals surface area (Å²) in [6.07, 6.45) is 0.245. The number of aliphatic imine (C=N–C) groups is 1. The van der Waals surface area contributed by atoms with Gasteiger partial charge in [-0.15, -0.1) is 0 Å². The number of carbonyl (C=O) groups is 1. The predicted molar refractivity (Wildman–Crippen MR) is 104 cm³/mol. The van der Waals surface area contributed by atoms with Crippen LogP contribution in [0.25, 0.3) is 0 Å².